The zero-order valence-corrected chi connectivity index (χ0v) is 20.4. The molecule has 2 N–H and O–H groups in total. The van der Waals surface area contributed by atoms with E-state index in [-0.39, 0.29) is 18.0 Å². The molecule has 0 spiro atoms. The van der Waals surface area contributed by atoms with E-state index < -0.39 is 5.97 Å². The van der Waals surface area contributed by atoms with Crippen molar-refractivity contribution in [1.82, 2.24) is 0 Å². The van der Waals surface area contributed by atoms with E-state index in [1.165, 1.54) is 12.1 Å². The van der Waals surface area contributed by atoms with E-state index in [0.29, 0.717) is 37.4 Å². The minimum absolute atomic E-state index is 0.0856. The van der Waals surface area contributed by atoms with Gasteiger partial charge >= 0.3 is 5.97 Å². The van der Waals surface area contributed by atoms with Crippen LogP contribution in [-0.4, -0.2) is 29.4 Å². The molecule has 0 aromatic heterocycles. The molecule has 0 radical (unpaired) electrons. The fourth-order valence-electron chi connectivity index (χ4n) is 3.92. The first kappa shape index (κ1) is 26.1. The molecule has 0 saturated heterocycles. The van der Waals surface area contributed by atoms with Gasteiger partial charge in [-0.3, -0.25) is 4.79 Å². The van der Waals surface area contributed by atoms with Gasteiger partial charge in [-0.2, -0.15) is 0 Å². The molecule has 3 aromatic carbocycles. The van der Waals surface area contributed by atoms with Crippen LogP contribution in [0.25, 0.3) is 11.1 Å². The van der Waals surface area contributed by atoms with Crippen LogP contribution in [0.15, 0.2) is 54.6 Å². The van der Waals surface area contributed by atoms with Gasteiger partial charge in [-0.25, -0.2) is 4.39 Å². The number of hydrogen-bond acceptors (Lipinski definition) is 4. The standard InChI is InChI=1S/C29H33FO5/c1-3-6-23-9-7-20(8-14-29(32)33)17-27(23)34-15-5-16-35-28-19-26(31)25(18-21(28)4-2)22-10-12-24(30)13-11-22/h7,9-13,17-19,31H,3-6,8,14-16H2,1-2H3,(H,32,33). The van der Waals surface area contributed by atoms with Crippen molar-refractivity contribution in [3.8, 4) is 28.4 Å². The molecule has 5 nitrogen and oxygen atoms in total. The van der Waals surface area contributed by atoms with Gasteiger partial charge in [-0.15, -0.1) is 0 Å². The molecular weight excluding hydrogens is 447 g/mol. The van der Waals surface area contributed by atoms with Gasteiger partial charge in [-0.05, 0) is 65.8 Å². The number of aryl methyl sites for hydroxylation is 3. The predicted octanol–water partition coefficient (Wildman–Crippen LogP) is 6.58. The molecule has 0 amide bonds. The van der Waals surface area contributed by atoms with E-state index in [1.807, 2.05) is 31.2 Å². The zero-order valence-electron chi connectivity index (χ0n) is 20.4. The minimum Gasteiger partial charge on any atom is -0.507 e. The van der Waals surface area contributed by atoms with Gasteiger partial charge in [0.2, 0.25) is 0 Å². The van der Waals surface area contributed by atoms with Crippen LogP contribution < -0.4 is 9.47 Å². The molecule has 35 heavy (non-hydrogen) atoms. The number of carboxylic acids is 1. The molecule has 0 atom stereocenters. The van der Waals surface area contributed by atoms with Crippen LogP contribution in [0.5, 0.6) is 17.2 Å². The Morgan fingerprint density at radius 1 is 0.886 bits per heavy atom. The van der Waals surface area contributed by atoms with Crippen LogP contribution in [0.4, 0.5) is 4.39 Å². The highest BCUT2D eigenvalue weighted by molar-refractivity contribution is 5.72. The number of aromatic hydroxyl groups is 1. The molecule has 0 saturated carbocycles. The summed E-state index contributed by atoms with van der Waals surface area (Å²) in [6, 6.07) is 15.5. The molecule has 0 aliphatic rings. The largest absolute Gasteiger partial charge is 0.507 e. The Morgan fingerprint density at radius 2 is 1.57 bits per heavy atom. The summed E-state index contributed by atoms with van der Waals surface area (Å²) < 4.78 is 25.2. The number of ether oxygens (including phenoxy) is 2. The highest BCUT2D eigenvalue weighted by atomic mass is 19.1. The normalized spacial score (nSPS) is 10.8. The highest BCUT2D eigenvalue weighted by Gasteiger charge is 2.12. The van der Waals surface area contributed by atoms with Gasteiger partial charge in [0.05, 0.1) is 13.2 Å². The van der Waals surface area contributed by atoms with Crippen LogP contribution in [0.2, 0.25) is 0 Å². The number of phenolic OH excluding ortho intramolecular Hbond substituents is 1. The van der Waals surface area contributed by atoms with Crippen LogP contribution >= 0.6 is 0 Å². The van der Waals surface area contributed by atoms with Crippen LogP contribution in [0.1, 0.15) is 49.8 Å². The summed E-state index contributed by atoms with van der Waals surface area (Å²) in [5.41, 5.74) is 4.40. The maximum Gasteiger partial charge on any atom is 0.303 e. The first-order valence-corrected chi connectivity index (χ1v) is 12.1. The number of aliphatic carboxylic acids is 1. The van der Waals surface area contributed by atoms with Crippen molar-refractivity contribution < 1.29 is 28.9 Å². The molecular formula is C29H33FO5. The minimum atomic E-state index is -0.814. The van der Waals surface area contributed by atoms with E-state index in [1.54, 1.807) is 18.2 Å². The highest BCUT2D eigenvalue weighted by Crippen LogP contribution is 2.36. The van der Waals surface area contributed by atoms with Crippen LogP contribution in [0, 0.1) is 5.82 Å². The van der Waals surface area contributed by atoms with Gasteiger partial charge in [-0.1, -0.05) is 44.5 Å². The second-order valence-corrected chi connectivity index (χ2v) is 8.47. The molecule has 3 rings (SSSR count). The molecule has 186 valence electrons. The van der Waals surface area contributed by atoms with E-state index in [2.05, 4.69) is 6.92 Å². The lowest BCUT2D eigenvalue weighted by Gasteiger charge is -2.15. The van der Waals surface area contributed by atoms with Crippen molar-refractivity contribution in [2.75, 3.05) is 13.2 Å². The Kier molecular flexibility index (Phi) is 9.53. The predicted molar refractivity (Wildman–Crippen MR) is 135 cm³/mol. The topological polar surface area (TPSA) is 76.0 Å². The number of halogens is 1. The summed E-state index contributed by atoms with van der Waals surface area (Å²) in [4.78, 5) is 10.9. The van der Waals surface area contributed by atoms with Crippen LogP contribution in [-0.2, 0) is 24.1 Å². The summed E-state index contributed by atoms with van der Waals surface area (Å²) >= 11 is 0. The lowest BCUT2D eigenvalue weighted by atomic mass is 10.00. The summed E-state index contributed by atoms with van der Waals surface area (Å²) in [6.45, 7) is 5.01. The van der Waals surface area contributed by atoms with Gasteiger partial charge in [0, 0.05) is 24.5 Å². The van der Waals surface area contributed by atoms with Crippen molar-refractivity contribution in [2.45, 2.75) is 52.4 Å². The monoisotopic (exact) mass is 480 g/mol. The van der Waals surface area contributed by atoms with E-state index in [0.717, 1.165) is 47.3 Å². The van der Waals surface area contributed by atoms with Crippen molar-refractivity contribution in [3.05, 3.63) is 77.1 Å². The number of carboxylic acid groups (broad SMARTS) is 1. The Hall–Kier alpha value is -3.54. The summed E-state index contributed by atoms with van der Waals surface area (Å²) in [5.74, 6) is 0.372. The molecule has 0 aliphatic heterocycles. The van der Waals surface area contributed by atoms with Crippen molar-refractivity contribution in [2.24, 2.45) is 0 Å². The molecule has 0 unspecified atom stereocenters. The number of rotatable bonds is 13. The maximum absolute atomic E-state index is 13.3. The average molecular weight is 481 g/mol. The Labute approximate surface area is 206 Å². The molecule has 0 aliphatic carbocycles. The summed E-state index contributed by atoms with van der Waals surface area (Å²) in [7, 11) is 0. The third kappa shape index (κ3) is 7.47. The fraction of sp³-hybridized carbons (Fsp3) is 0.345. The first-order valence-electron chi connectivity index (χ1n) is 12.1. The van der Waals surface area contributed by atoms with Crippen molar-refractivity contribution >= 4 is 5.97 Å². The lowest BCUT2D eigenvalue weighted by molar-refractivity contribution is -0.136. The van der Waals surface area contributed by atoms with Gasteiger partial charge in [0.25, 0.3) is 0 Å². The number of phenols is 1. The molecule has 0 heterocycles. The first-order chi connectivity index (χ1) is 16.9. The third-order valence-corrected chi connectivity index (χ3v) is 5.80. The Balaban J connectivity index is 1.59. The molecule has 0 bridgehead atoms. The number of carbonyl (C=O) groups is 1. The van der Waals surface area contributed by atoms with E-state index in [4.69, 9.17) is 14.6 Å². The SMILES string of the molecule is CCCc1ccc(CCC(=O)O)cc1OCCCOc1cc(O)c(-c2ccc(F)cc2)cc1CC. The molecule has 6 heteroatoms. The number of benzene rings is 3. The summed E-state index contributed by atoms with van der Waals surface area (Å²) in [5, 5.41) is 19.5. The van der Waals surface area contributed by atoms with E-state index in [9.17, 15) is 14.3 Å². The third-order valence-electron chi connectivity index (χ3n) is 5.80. The van der Waals surface area contributed by atoms with Gasteiger partial charge in [0.1, 0.15) is 23.1 Å². The van der Waals surface area contributed by atoms with E-state index >= 15 is 0 Å². The number of hydrogen-bond donors (Lipinski definition) is 2. The van der Waals surface area contributed by atoms with Crippen molar-refractivity contribution in [1.29, 1.82) is 0 Å². The Bertz CT molecular complexity index is 1120. The van der Waals surface area contributed by atoms with Gasteiger partial charge < -0.3 is 19.7 Å². The smallest absolute Gasteiger partial charge is 0.303 e. The molecule has 3 aromatic rings. The molecule has 0 fully saturated rings. The lowest BCUT2D eigenvalue weighted by Crippen LogP contribution is -2.08. The second kappa shape index (κ2) is 12.8. The van der Waals surface area contributed by atoms with Gasteiger partial charge in [0.15, 0.2) is 0 Å². The van der Waals surface area contributed by atoms with Crippen molar-refractivity contribution in [3.63, 3.8) is 0 Å². The average Bonchev–Trinajstić information content (AvgIpc) is 2.84. The van der Waals surface area contributed by atoms with Crippen LogP contribution in [0.3, 0.4) is 0 Å². The Morgan fingerprint density at radius 3 is 2.20 bits per heavy atom. The second-order valence-electron chi connectivity index (χ2n) is 8.47. The quantitative estimate of drug-likeness (QED) is 0.270. The fourth-order valence-corrected chi connectivity index (χ4v) is 3.92. The summed E-state index contributed by atoms with van der Waals surface area (Å²) in [6.07, 6.45) is 3.82. The maximum atomic E-state index is 13.3. The zero-order chi connectivity index (χ0) is 25.2.